The van der Waals surface area contributed by atoms with Crippen LogP contribution in [0.3, 0.4) is 0 Å². The predicted molar refractivity (Wildman–Crippen MR) is 248 cm³/mol. The zero-order valence-electron chi connectivity index (χ0n) is 33.1. The highest BCUT2D eigenvalue weighted by atomic mass is 15.2. The van der Waals surface area contributed by atoms with Crippen molar-refractivity contribution in [1.29, 1.82) is 10.5 Å². The van der Waals surface area contributed by atoms with Gasteiger partial charge in [0.1, 0.15) is 6.07 Å². The molecule has 1 aliphatic heterocycles. The van der Waals surface area contributed by atoms with Crippen LogP contribution in [0, 0.1) is 22.7 Å². The Morgan fingerprint density at radius 2 is 1.02 bits per heavy atom. The summed E-state index contributed by atoms with van der Waals surface area (Å²) in [7, 11) is 0. The number of anilines is 3. The van der Waals surface area contributed by atoms with Crippen LogP contribution in [0.4, 0.5) is 17.1 Å². The molecular weight excluding hydrogens is 741 g/mol. The van der Waals surface area contributed by atoms with Crippen LogP contribution in [0.25, 0.3) is 49.7 Å². The molecule has 0 unspecified atom stereocenters. The van der Waals surface area contributed by atoms with Crippen molar-refractivity contribution in [3.63, 3.8) is 0 Å². The molecule has 0 saturated heterocycles. The van der Waals surface area contributed by atoms with Gasteiger partial charge in [0, 0.05) is 22.0 Å². The average Bonchev–Trinajstić information content (AvgIpc) is 3.66. The molecule has 0 saturated carbocycles. The Labute approximate surface area is 354 Å². The molecule has 0 radical (unpaired) electrons. The second-order valence-electron chi connectivity index (χ2n) is 15.5. The first-order valence-electron chi connectivity index (χ1n) is 20.5. The van der Waals surface area contributed by atoms with E-state index >= 15 is 0 Å². The number of aromatic nitrogens is 1. The number of nitriles is 2. The lowest BCUT2D eigenvalue weighted by molar-refractivity contribution is 0.731. The van der Waals surface area contributed by atoms with Crippen LogP contribution >= 0.6 is 0 Å². The van der Waals surface area contributed by atoms with Gasteiger partial charge in [-0.2, -0.15) is 10.5 Å². The molecule has 0 bridgehead atoms. The third-order valence-electron chi connectivity index (χ3n) is 12.3. The first-order chi connectivity index (χ1) is 30.2. The molecule has 0 spiro atoms. The summed E-state index contributed by atoms with van der Waals surface area (Å²) in [5.74, 6) is 0. The Hall–Kier alpha value is -8.44. The molecule has 0 N–H and O–H groups in total. The molecule has 0 amide bonds. The number of hydrogen-bond donors (Lipinski definition) is 0. The second kappa shape index (κ2) is 14.4. The molecule has 61 heavy (non-hydrogen) atoms. The standard InChI is InChI=1S/C57H36N4/c58-37-39-31-33-53-49(35-39)47-26-12-14-29-52(47)61(53)56-41(38-59)17-16-27-48(56)46-25-11-10-24-45(46)40-32-34-55-51(36-40)57(42-18-4-1-5-19-42,43-20-6-2-7-21-43)50-28-13-15-30-54(50)60(55)44-22-8-3-9-23-44/h1-36H. The molecule has 284 valence electrons. The molecule has 0 fully saturated rings. The molecule has 9 aromatic carbocycles. The maximum Gasteiger partial charge on any atom is 0.101 e. The van der Waals surface area contributed by atoms with Gasteiger partial charge in [-0.05, 0) is 99.6 Å². The van der Waals surface area contributed by atoms with Crippen molar-refractivity contribution in [2.45, 2.75) is 5.41 Å². The van der Waals surface area contributed by atoms with E-state index in [1.54, 1.807) is 0 Å². The Morgan fingerprint density at radius 1 is 0.410 bits per heavy atom. The van der Waals surface area contributed by atoms with E-state index in [1.165, 1.54) is 22.3 Å². The fraction of sp³-hybridized carbons (Fsp3) is 0.0175. The van der Waals surface area contributed by atoms with Gasteiger partial charge in [0.25, 0.3) is 0 Å². The SMILES string of the molecule is N#Cc1ccc2c(c1)c1ccccc1n2-c1c(C#N)cccc1-c1ccccc1-c1ccc2c(c1)C(c1ccccc1)(c1ccccc1)c1ccccc1N2c1ccccc1. The molecule has 1 aromatic heterocycles. The largest absolute Gasteiger partial charge is 0.310 e. The van der Waals surface area contributed by atoms with Crippen LogP contribution in [0.5, 0.6) is 0 Å². The average molecular weight is 777 g/mol. The molecule has 2 heterocycles. The van der Waals surface area contributed by atoms with E-state index in [0.717, 1.165) is 66.8 Å². The lowest BCUT2D eigenvalue weighted by Crippen LogP contribution is -2.37. The summed E-state index contributed by atoms with van der Waals surface area (Å²) in [6, 6.07) is 81.7. The molecule has 0 aliphatic carbocycles. The molecule has 10 aromatic rings. The topological polar surface area (TPSA) is 55.8 Å². The summed E-state index contributed by atoms with van der Waals surface area (Å²) in [6.45, 7) is 0. The van der Waals surface area contributed by atoms with Crippen LogP contribution in [0.2, 0.25) is 0 Å². The molecule has 11 rings (SSSR count). The van der Waals surface area contributed by atoms with Crippen LogP contribution < -0.4 is 4.90 Å². The molecule has 4 nitrogen and oxygen atoms in total. The highest BCUT2D eigenvalue weighted by molar-refractivity contribution is 6.10. The number of rotatable bonds is 6. The van der Waals surface area contributed by atoms with Crippen molar-refractivity contribution in [3.05, 3.63) is 252 Å². The van der Waals surface area contributed by atoms with E-state index in [9.17, 15) is 10.5 Å². The van der Waals surface area contributed by atoms with Crippen molar-refractivity contribution < 1.29 is 0 Å². The van der Waals surface area contributed by atoms with E-state index < -0.39 is 5.41 Å². The molecule has 0 atom stereocenters. The summed E-state index contributed by atoms with van der Waals surface area (Å²) in [5, 5.41) is 22.7. The third-order valence-corrected chi connectivity index (χ3v) is 12.3. The van der Waals surface area contributed by atoms with Gasteiger partial charge in [-0.1, -0.05) is 158 Å². The minimum absolute atomic E-state index is 0.562. The van der Waals surface area contributed by atoms with E-state index in [2.05, 4.69) is 198 Å². The van der Waals surface area contributed by atoms with Gasteiger partial charge in [0.15, 0.2) is 0 Å². The number of hydrogen-bond acceptors (Lipinski definition) is 3. The smallest absolute Gasteiger partial charge is 0.101 e. The summed E-state index contributed by atoms with van der Waals surface area (Å²) >= 11 is 0. The number of para-hydroxylation sites is 4. The van der Waals surface area contributed by atoms with E-state index in [0.29, 0.717) is 11.1 Å². The fourth-order valence-corrected chi connectivity index (χ4v) is 9.82. The van der Waals surface area contributed by atoms with Gasteiger partial charge < -0.3 is 9.47 Å². The zero-order valence-corrected chi connectivity index (χ0v) is 33.1. The Bertz CT molecular complexity index is 3350. The lowest BCUT2D eigenvalue weighted by atomic mass is 9.62. The van der Waals surface area contributed by atoms with Crippen LogP contribution in [0.1, 0.15) is 33.4 Å². The maximum absolute atomic E-state index is 10.8. The highest BCUT2D eigenvalue weighted by Gasteiger charge is 2.46. The van der Waals surface area contributed by atoms with Gasteiger partial charge in [-0.15, -0.1) is 0 Å². The number of benzene rings is 9. The van der Waals surface area contributed by atoms with E-state index in [1.807, 2.05) is 42.5 Å². The quantitative estimate of drug-likeness (QED) is 0.169. The van der Waals surface area contributed by atoms with Gasteiger partial charge in [0.05, 0.1) is 50.7 Å². The van der Waals surface area contributed by atoms with Crippen LogP contribution in [0.15, 0.2) is 218 Å². The van der Waals surface area contributed by atoms with Crippen molar-refractivity contribution in [3.8, 4) is 40.1 Å². The summed E-state index contributed by atoms with van der Waals surface area (Å²) in [6.07, 6.45) is 0. The van der Waals surface area contributed by atoms with Crippen molar-refractivity contribution in [2.24, 2.45) is 0 Å². The summed E-state index contributed by atoms with van der Waals surface area (Å²) in [5.41, 5.74) is 15.3. The van der Waals surface area contributed by atoms with Crippen molar-refractivity contribution in [1.82, 2.24) is 4.57 Å². The van der Waals surface area contributed by atoms with E-state index in [-0.39, 0.29) is 0 Å². The Balaban J connectivity index is 1.21. The number of nitrogens with zero attached hydrogens (tertiary/aromatic N) is 4. The van der Waals surface area contributed by atoms with Gasteiger partial charge in [-0.3, -0.25) is 0 Å². The van der Waals surface area contributed by atoms with Crippen LogP contribution in [-0.2, 0) is 5.41 Å². The second-order valence-corrected chi connectivity index (χ2v) is 15.5. The van der Waals surface area contributed by atoms with Crippen LogP contribution in [-0.4, -0.2) is 4.57 Å². The Morgan fingerprint density at radius 3 is 1.75 bits per heavy atom. The summed E-state index contributed by atoms with van der Waals surface area (Å²) < 4.78 is 2.20. The van der Waals surface area contributed by atoms with Gasteiger partial charge in [0.2, 0.25) is 0 Å². The third kappa shape index (κ3) is 5.44. The highest BCUT2D eigenvalue weighted by Crippen LogP contribution is 2.58. The molecule has 4 heteroatoms. The van der Waals surface area contributed by atoms with Crippen molar-refractivity contribution in [2.75, 3.05) is 4.90 Å². The van der Waals surface area contributed by atoms with E-state index in [4.69, 9.17) is 0 Å². The predicted octanol–water partition coefficient (Wildman–Crippen LogP) is 14.0. The van der Waals surface area contributed by atoms with Gasteiger partial charge >= 0.3 is 0 Å². The monoisotopic (exact) mass is 776 g/mol. The first-order valence-corrected chi connectivity index (χ1v) is 20.5. The fourth-order valence-electron chi connectivity index (χ4n) is 9.82. The number of fused-ring (bicyclic) bond motifs is 5. The minimum atomic E-state index is -0.665. The first kappa shape index (κ1) is 35.7. The summed E-state index contributed by atoms with van der Waals surface area (Å²) in [4.78, 5) is 2.40. The van der Waals surface area contributed by atoms with Crippen molar-refractivity contribution >= 4 is 38.9 Å². The minimum Gasteiger partial charge on any atom is -0.310 e. The lowest BCUT2D eigenvalue weighted by Gasteiger charge is -2.46. The van der Waals surface area contributed by atoms with Gasteiger partial charge in [-0.25, -0.2) is 0 Å². The molecule has 1 aliphatic rings. The normalized spacial score (nSPS) is 12.7. The maximum atomic E-state index is 10.8. The molecular formula is C57H36N4. The Kier molecular flexibility index (Phi) is 8.45. The zero-order chi connectivity index (χ0) is 40.9.